The van der Waals surface area contributed by atoms with Crippen LogP contribution in [0.1, 0.15) is 60.1 Å². The number of hydrogen-bond acceptors (Lipinski definition) is 8. The van der Waals surface area contributed by atoms with Crippen molar-refractivity contribution in [3.8, 4) is 0 Å². The van der Waals surface area contributed by atoms with Gasteiger partial charge in [-0.2, -0.15) is 5.10 Å². The Labute approximate surface area is 226 Å². The van der Waals surface area contributed by atoms with Gasteiger partial charge < -0.3 is 13.8 Å². The van der Waals surface area contributed by atoms with Gasteiger partial charge >= 0.3 is 0 Å². The first-order valence-corrected chi connectivity index (χ1v) is 14.8. The van der Waals surface area contributed by atoms with Gasteiger partial charge in [0.15, 0.2) is 5.16 Å². The van der Waals surface area contributed by atoms with E-state index in [0.29, 0.717) is 5.16 Å². The van der Waals surface area contributed by atoms with Crippen molar-refractivity contribution in [1.82, 2.24) is 15.0 Å². The third kappa shape index (κ3) is 4.16. The van der Waals surface area contributed by atoms with Gasteiger partial charge in [0.2, 0.25) is 0 Å². The van der Waals surface area contributed by atoms with Crippen LogP contribution in [0.2, 0.25) is 0 Å². The van der Waals surface area contributed by atoms with Crippen LogP contribution in [-0.4, -0.2) is 32.3 Å². The minimum atomic E-state index is -0.299. The molecule has 7 rings (SSSR count). The number of hydrazone groups is 1. The molecule has 0 saturated heterocycles. The summed E-state index contributed by atoms with van der Waals surface area (Å²) in [6, 6.07) is 7.24. The normalized spacial score (nSPS) is 22.1. The van der Waals surface area contributed by atoms with Gasteiger partial charge in [-0.1, -0.05) is 11.8 Å². The molecule has 1 fully saturated rings. The Kier molecular flexibility index (Phi) is 6.08. The van der Waals surface area contributed by atoms with Crippen LogP contribution < -0.4 is 5.56 Å². The predicted octanol–water partition coefficient (Wildman–Crippen LogP) is 5.96. The van der Waals surface area contributed by atoms with Crippen LogP contribution in [0.15, 0.2) is 66.3 Å². The number of aromatic amines is 1. The van der Waals surface area contributed by atoms with Crippen LogP contribution in [0.3, 0.4) is 0 Å². The van der Waals surface area contributed by atoms with Crippen molar-refractivity contribution in [1.29, 1.82) is 0 Å². The van der Waals surface area contributed by atoms with Gasteiger partial charge in [0.1, 0.15) is 22.4 Å². The van der Waals surface area contributed by atoms with Crippen molar-refractivity contribution in [3.63, 3.8) is 0 Å². The first-order chi connectivity index (χ1) is 18.7. The molecule has 1 aliphatic heterocycles. The van der Waals surface area contributed by atoms with E-state index in [-0.39, 0.29) is 29.2 Å². The fraction of sp³-hybridized carbons (Fsp3) is 0.357. The number of hydrogen-bond donors (Lipinski definition) is 1. The van der Waals surface area contributed by atoms with Gasteiger partial charge in [-0.05, 0) is 86.4 Å². The predicted molar refractivity (Wildman–Crippen MR) is 147 cm³/mol. The second-order valence-corrected chi connectivity index (χ2v) is 12.0. The van der Waals surface area contributed by atoms with Crippen LogP contribution in [0.4, 0.5) is 0 Å². The summed E-state index contributed by atoms with van der Waals surface area (Å²) in [7, 11) is 0. The largest absolute Gasteiger partial charge is 0.467 e. The monoisotopic (exact) mass is 546 g/mol. The Bertz CT molecular complexity index is 1610. The minimum Gasteiger partial charge on any atom is -0.467 e. The molecule has 0 bridgehead atoms. The van der Waals surface area contributed by atoms with Crippen LogP contribution in [0.5, 0.6) is 0 Å². The second-order valence-electron chi connectivity index (χ2n) is 9.92. The number of furan rings is 2. The van der Waals surface area contributed by atoms with Gasteiger partial charge in [0.25, 0.3) is 11.5 Å². The zero-order chi connectivity index (χ0) is 25.6. The van der Waals surface area contributed by atoms with Gasteiger partial charge in [-0.25, -0.2) is 9.99 Å². The van der Waals surface area contributed by atoms with Crippen LogP contribution in [0.25, 0.3) is 16.3 Å². The summed E-state index contributed by atoms with van der Waals surface area (Å²) in [5.74, 6) is 1.51. The average molecular weight is 547 g/mol. The summed E-state index contributed by atoms with van der Waals surface area (Å²) in [5.41, 5.74) is 3.06. The Hall–Kier alpha value is -3.37. The number of fused-ring (bicyclic) bond motifs is 4. The molecule has 2 atom stereocenters. The van der Waals surface area contributed by atoms with Crippen molar-refractivity contribution in [2.75, 3.05) is 5.75 Å². The number of nitrogens with one attached hydrogen (secondary N) is 1. The first kappa shape index (κ1) is 23.7. The van der Waals surface area contributed by atoms with E-state index < -0.39 is 0 Å². The number of amides is 1. The van der Waals surface area contributed by atoms with Crippen molar-refractivity contribution < 1.29 is 13.6 Å². The molecule has 1 amide bonds. The van der Waals surface area contributed by atoms with Crippen LogP contribution in [-0.2, 0) is 17.6 Å². The van der Waals surface area contributed by atoms with Crippen molar-refractivity contribution >= 4 is 51.0 Å². The number of aromatic nitrogens is 2. The molecule has 1 saturated carbocycles. The number of rotatable bonds is 5. The van der Waals surface area contributed by atoms with Gasteiger partial charge in [-0.3, -0.25) is 9.59 Å². The maximum Gasteiger partial charge on any atom is 0.260 e. The molecule has 38 heavy (non-hydrogen) atoms. The highest BCUT2D eigenvalue weighted by atomic mass is 32.2. The van der Waals surface area contributed by atoms with E-state index >= 15 is 0 Å². The average Bonchev–Trinajstić information content (AvgIpc) is 3.72. The summed E-state index contributed by atoms with van der Waals surface area (Å²) in [6.07, 6.45) is 12.3. The summed E-state index contributed by atoms with van der Waals surface area (Å²) in [5, 5.41) is 7.63. The standard InChI is InChI=1S/C28H26N4O4S2/c33-22(15-37-28-29-26(34)23-18-8-1-2-11-21(18)38-27(23)30-28)32-25(20-10-5-13-36-20)19-9-3-6-16(24(19)31-32)14-17-7-4-12-35-17/h4-5,7,10,12-14,19,25H,1-3,6,8-9,11,15H2,(H,29,30,34)/b16-14+. The fourth-order valence-corrected chi connectivity index (χ4v) is 7.93. The van der Waals surface area contributed by atoms with Crippen molar-refractivity contribution in [3.05, 3.63) is 74.7 Å². The van der Waals surface area contributed by atoms with Gasteiger partial charge in [-0.15, -0.1) is 11.3 Å². The zero-order valence-electron chi connectivity index (χ0n) is 20.6. The van der Waals surface area contributed by atoms with E-state index in [2.05, 4.69) is 4.98 Å². The topological polar surface area (TPSA) is 105 Å². The molecule has 0 spiro atoms. The van der Waals surface area contributed by atoms with Crippen molar-refractivity contribution in [2.24, 2.45) is 11.0 Å². The Morgan fingerprint density at radius 1 is 1.16 bits per heavy atom. The molecule has 4 aromatic rings. The molecule has 8 nitrogen and oxygen atoms in total. The number of nitrogens with zero attached hydrogens (tertiary/aromatic N) is 3. The van der Waals surface area contributed by atoms with E-state index in [0.717, 1.165) is 83.5 Å². The molecule has 1 N–H and O–H groups in total. The molecular weight excluding hydrogens is 520 g/mol. The summed E-state index contributed by atoms with van der Waals surface area (Å²) in [6.45, 7) is 0. The number of carbonyl (C=O) groups excluding carboxylic acids is 1. The molecule has 4 aromatic heterocycles. The lowest BCUT2D eigenvalue weighted by atomic mass is 9.79. The lowest BCUT2D eigenvalue weighted by molar-refractivity contribution is -0.131. The van der Waals surface area contributed by atoms with Gasteiger partial charge in [0.05, 0.1) is 29.4 Å². The zero-order valence-corrected chi connectivity index (χ0v) is 22.3. The summed E-state index contributed by atoms with van der Waals surface area (Å²) < 4.78 is 11.3. The summed E-state index contributed by atoms with van der Waals surface area (Å²) >= 11 is 2.86. The summed E-state index contributed by atoms with van der Waals surface area (Å²) in [4.78, 5) is 36.2. The third-order valence-corrected chi connectivity index (χ3v) is 9.63. The highest BCUT2D eigenvalue weighted by Gasteiger charge is 2.45. The molecule has 2 unspecified atom stereocenters. The van der Waals surface area contributed by atoms with E-state index in [1.165, 1.54) is 16.6 Å². The van der Waals surface area contributed by atoms with E-state index in [9.17, 15) is 9.59 Å². The van der Waals surface area contributed by atoms with Crippen molar-refractivity contribution in [2.45, 2.75) is 56.1 Å². The molecular formula is C28H26N4O4S2. The maximum atomic E-state index is 13.6. The van der Waals surface area contributed by atoms with Gasteiger partial charge in [0, 0.05) is 10.8 Å². The Morgan fingerprint density at radius 3 is 2.87 bits per heavy atom. The SMILES string of the molecule is O=C(CSc1nc2sc3c(c2c(=O)[nH]1)CCCC3)N1N=C2/C(=C/c3ccco3)CCCC2C1c1ccco1. The third-order valence-electron chi connectivity index (χ3n) is 7.59. The molecule has 3 aliphatic rings. The quantitative estimate of drug-likeness (QED) is 0.244. The number of aryl methyl sites for hydroxylation is 2. The lowest BCUT2D eigenvalue weighted by Gasteiger charge is -2.27. The fourth-order valence-electron chi connectivity index (χ4n) is 5.90. The molecule has 10 heteroatoms. The minimum absolute atomic E-state index is 0.0526. The molecule has 194 valence electrons. The Balaban J connectivity index is 1.16. The molecule has 2 aliphatic carbocycles. The second kappa shape index (κ2) is 9.74. The molecule has 0 radical (unpaired) electrons. The van der Waals surface area contributed by atoms with E-state index in [4.69, 9.17) is 18.9 Å². The van der Waals surface area contributed by atoms with Crippen LogP contribution >= 0.6 is 23.1 Å². The Morgan fingerprint density at radius 2 is 2.03 bits per heavy atom. The molecule has 0 aromatic carbocycles. The smallest absolute Gasteiger partial charge is 0.260 e. The number of allylic oxidation sites excluding steroid dienone is 1. The highest BCUT2D eigenvalue weighted by Crippen LogP contribution is 2.45. The number of carbonyl (C=O) groups is 1. The number of thioether (sulfide) groups is 1. The maximum absolute atomic E-state index is 13.6. The number of thiophene rings is 1. The lowest BCUT2D eigenvalue weighted by Crippen LogP contribution is -2.32. The van der Waals surface area contributed by atoms with Crippen LogP contribution in [0, 0.1) is 5.92 Å². The molecule has 5 heterocycles. The number of H-pyrrole nitrogens is 1. The van der Waals surface area contributed by atoms with E-state index in [1.54, 1.807) is 28.9 Å². The highest BCUT2D eigenvalue weighted by molar-refractivity contribution is 7.99. The first-order valence-electron chi connectivity index (χ1n) is 13.0. The van der Waals surface area contributed by atoms with E-state index in [1.807, 2.05) is 30.3 Å².